The molecular weight excluding hydrogens is 344 g/mol. The third kappa shape index (κ3) is 8.53. The molecule has 1 saturated carbocycles. The Labute approximate surface area is 163 Å². The molecule has 0 aromatic rings. The predicted molar refractivity (Wildman–Crippen MR) is 110 cm³/mol. The number of hydrogen-bond donors (Lipinski definition) is 0. The van der Waals surface area contributed by atoms with Gasteiger partial charge in [-0.3, -0.25) is 4.79 Å². The quantitative estimate of drug-likeness (QED) is 0.346. The molecule has 0 amide bonds. The predicted octanol–water partition coefficient (Wildman–Crippen LogP) is 4.64. The van der Waals surface area contributed by atoms with Gasteiger partial charge in [-0.05, 0) is 63.3 Å². The van der Waals surface area contributed by atoms with Gasteiger partial charge in [-0.15, -0.1) is 0 Å². The molecule has 26 heavy (non-hydrogen) atoms. The highest BCUT2D eigenvalue weighted by Crippen LogP contribution is 2.43. The van der Waals surface area contributed by atoms with Crippen molar-refractivity contribution >= 4 is 15.7 Å². The van der Waals surface area contributed by atoms with E-state index in [1.807, 2.05) is 20.8 Å². The van der Waals surface area contributed by atoms with E-state index >= 15 is 0 Å². The van der Waals surface area contributed by atoms with Crippen LogP contribution in [0.4, 0.5) is 0 Å². The van der Waals surface area contributed by atoms with Gasteiger partial charge in [0.15, 0.2) is 9.76 Å². The zero-order chi connectivity index (χ0) is 20.0. The number of carbonyl (C=O) groups is 1. The van der Waals surface area contributed by atoms with E-state index in [4.69, 9.17) is 13.9 Å². The summed E-state index contributed by atoms with van der Waals surface area (Å²) in [5.74, 6) is -0.00110. The molecule has 0 atom stereocenters. The Morgan fingerprint density at radius 3 is 2.00 bits per heavy atom. The topological polar surface area (TPSA) is 44.8 Å². The minimum absolute atomic E-state index is 0.0445. The fourth-order valence-corrected chi connectivity index (χ4v) is 4.10. The highest BCUT2D eigenvalue weighted by molar-refractivity contribution is 6.32. The Morgan fingerprint density at radius 2 is 1.50 bits per heavy atom. The van der Waals surface area contributed by atoms with Crippen molar-refractivity contribution in [3.05, 3.63) is 0 Å². The highest BCUT2D eigenvalue weighted by atomic mass is 28.2. The molecule has 0 unspecified atom stereocenters. The molecule has 1 aliphatic carbocycles. The summed E-state index contributed by atoms with van der Waals surface area (Å²) < 4.78 is 17.5. The molecule has 0 aromatic heterocycles. The summed E-state index contributed by atoms with van der Waals surface area (Å²) in [6, 6.07) is 0. The summed E-state index contributed by atoms with van der Waals surface area (Å²) in [5.41, 5.74) is -0.0994. The minimum atomic E-state index is -0.554. The van der Waals surface area contributed by atoms with E-state index in [1.165, 1.54) is 0 Å². The van der Waals surface area contributed by atoms with Crippen LogP contribution in [0, 0.1) is 11.3 Å². The van der Waals surface area contributed by atoms with Gasteiger partial charge in [0.2, 0.25) is 0 Å². The van der Waals surface area contributed by atoms with Crippen LogP contribution in [0.1, 0.15) is 87.5 Å². The van der Waals surface area contributed by atoms with Crippen LogP contribution in [0.2, 0.25) is 5.04 Å². The van der Waals surface area contributed by atoms with Crippen LogP contribution in [0.3, 0.4) is 0 Å². The van der Waals surface area contributed by atoms with E-state index in [9.17, 15) is 4.79 Å². The zero-order valence-corrected chi connectivity index (χ0v) is 19.9. The summed E-state index contributed by atoms with van der Waals surface area (Å²) in [6.45, 7) is 18.8. The van der Waals surface area contributed by atoms with Crippen molar-refractivity contribution in [1.29, 1.82) is 0 Å². The third-order valence-electron chi connectivity index (χ3n) is 5.69. The molecule has 0 spiro atoms. The second kappa shape index (κ2) is 9.70. The number of esters is 1. The van der Waals surface area contributed by atoms with Gasteiger partial charge in [0.05, 0.1) is 12.0 Å². The van der Waals surface area contributed by atoms with Crippen LogP contribution in [-0.2, 0) is 18.7 Å². The van der Waals surface area contributed by atoms with E-state index in [0.717, 1.165) is 45.3 Å². The maximum atomic E-state index is 12.1. The lowest BCUT2D eigenvalue weighted by atomic mass is 9.82. The summed E-state index contributed by atoms with van der Waals surface area (Å²) in [7, 11) is -0.554. The number of hydrogen-bond acceptors (Lipinski definition) is 4. The highest BCUT2D eigenvalue weighted by Gasteiger charge is 2.33. The molecule has 0 saturated heterocycles. The standard InChI is InChI=1S/C21H42O4Si/c1-19(2,3)21(7,8)26-24-15-9-14-23-17-12-10-16(11-13-17)18(22)25-20(4,5)6/h16-17H,9-15,26H2,1-8H3. The summed E-state index contributed by atoms with van der Waals surface area (Å²) in [4.78, 5) is 12.1. The fraction of sp³-hybridized carbons (Fsp3) is 0.952. The van der Waals surface area contributed by atoms with Crippen LogP contribution in [0.25, 0.3) is 0 Å². The third-order valence-corrected chi connectivity index (χ3v) is 7.97. The van der Waals surface area contributed by atoms with Crippen molar-refractivity contribution in [1.82, 2.24) is 0 Å². The Morgan fingerprint density at radius 1 is 0.923 bits per heavy atom. The first-order chi connectivity index (χ1) is 11.8. The van der Waals surface area contributed by atoms with Gasteiger partial charge >= 0.3 is 5.97 Å². The fourth-order valence-electron chi connectivity index (χ4n) is 2.81. The molecule has 1 fully saturated rings. The molecular formula is C21H42O4Si. The Hall–Kier alpha value is -0.393. The van der Waals surface area contributed by atoms with E-state index in [0.29, 0.717) is 10.5 Å². The normalized spacial score (nSPS) is 22.8. The van der Waals surface area contributed by atoms with Crippen molar-refractivity contribution in [2.75, 3.05) is 13.2 Å². The second-order valence-electron chi connectivity index (χ2n) is 10.4. The largest absolute Gasteiger partial charge is 0.460 e. The van der Waals surface area contributed by atoms with Gasteiger partial charge in [0.25, 0.3) is 0 Å². The van der Waals surface area contributed by atoms with Gasteiger partial charge in [0, 0.05) is 13.2 Å². The van der Waals surface area contributed by atoms with E-state index in [1.54, 1.807) is 0 Å². The molecule has 0 bridgehead atoms. The molecule has 0 aliphatic heterocycles. The summed E-state index contributed by atoms with van der Waals surface area (Å²) >= 11 is 0. The van der Waals surface area contributed by atoms with Crippen LogP contribution in [0.5, 0.6) is 0 Å². The summed E-state index contributed by atoms with van der Waals surface area (Å²) in [6.07, 6.45) is 4.91. The van der Waals surface area contributed by atoms with Crippen LogP contribution >= 0.6 is 0 Å². The lowest BCUT2D eigenvalue weighted by Gasteiger charge is -2.38. The van der Waals surface area contributed by atoms with Crippen molar-refractivity contribution in [2.45, 2.75) is 104 Å². The Balaban J connectivity index is 2.13. The van der Waals surface area contributed by atoms with Gasteiger partial charge in [-0.1, -0.05) is 34.6 Å². The number of carbonyl (C=O) groups excluding carboxylic acids is 1. The lowest BCUT2D eigenvalue weighted by Crippen LogP contribution is -2.32. The molecule has 1 aliphatic rings. The van der Waals surface area contributed by atoms with Crippen molar-refractivity contribution < 1.29 is 18.7 Å². The van der Waals surface area contributed by atoms with Gasteiger partial charge in [0.1, 0.15) is 5.60 Å². The van der Waals surface area contributed by atoms with Crippen molar-refractivity contribution in [3.63, 3.8) is 0 Å². The lowest BCUT2D eigenvalue weighted by molar-refractivity contribution is -0.162. The van der Waals surface area contributed by atoms with Gasteiger partial charge in [-0.2, -0.15) is 0 Å². The average Bonchev–Trinajstić information content (AvgIpc) is 2.48. The first-order valence-corrected chi connectivity index (χ1v) is 11.5. The average molecular weight is 387 g/mol. The van der Waals surface area contributed by atoms with Crippen LogP contribution < -0.4 is 0 Å². The van der Waals surface area contributed by atoms with Crippen LogP contribution in [0.15, 0.2) is 0 Å². The maximum absolute atomic E-state index is 12.1. The molecule has 0 aromatic carbocycles. The van der Waals surface area contributed by atoms with Crippen LogP contribution in [-0.4, -0.2) is 40.7 Å². The molecule has 5 heteroatoms. The molecule has 0 heterocycles. The van der Waals surface area contributed by atoms with Gasteiger partial charge in [-0.25, -0.2) is 0 Å². The number of rotatable bonds is 8. The zero-order valence-electron chi connectivity index (χ0n) is 18.4. The second-order valence-corrected chi connectivity index (χ2v) is 12.9. The minimum Gasteiger partial charge on any atom is -0.460 e. The molecule has 0 radical (unpaired) electrons. The van der Waals surface area contributed by atoms with E-state index in [-0.39, 0.29) is 18.0 Å². The monoisotopic (exact) mass is 386 g/mol. The SMILES string of the molecule is CC(C)(C)OC(=O)C1CCC(OCCCO[SiH2]C(C)(C)C(C)(C)C)CC1. The summed E-state index contributed by atoms with van der Waals surface area (Å²) in [5, 5.41) is 0.300. The van der Waals surface area contributed by atoms with Crippen molar-refractivity contribution in [3.8, 4) is 0 Å². The van der Waals surface area contributed by atoms with Gasteiger partial charge < -0.3 is 13.9 Å². The maximum Gasteiger partial charge on any atom is 0.309 e. The molecule has 154 valence electrons. The Kier molecular flexibility index (Phi) is 8.82. The molecule has 0 N–H and O–H groups in total. The first-order valence-electron chi connectivity index (χ1n) is 10.2. The number of ether oxygens (including phenoxy) is 2. The van der Waals surface area contributed by atoms with E-state index in [2.05, 4.69) is 34.6 Å². The first kappa shape index (κ1) is 23.6. The van der Waals surface area contributed by atoms with Crippen molar-refractivity contribution in [2.24, 2.45) is 11.3 Å². The smallest absolute Gasteiger partial charge is 0.309 e. The molecule has 4 nitrogen and oxygen atoms in total. The Bertz CT molecular complexity index is 426. The van der Waals surface area contributed by atoms with E-state index < -0.39 is 15.4 Å². The molecule has 1 rings (SSSR count).